The first kappa shape index (κ1) is 17.9. The van der Waals surface area contributed by atoms with Gasteiger partial charge in [-0.15, -0.1) is 11.3 Å². The van der Waals surface area contributed by atoms with Crippen molar-refractivity contribution in [2.75, 3.05) is 11.9 Å². The van der Waals surface area contributed by atoms with Crippen LogP contribution in [0.15, 0.2) is 43.2 Å². The summed E-state index contributed by atoms with van der Waals surface area (Å²) >= 11 is 7.22. The van der Waals surface area contributed by atoms with E-state index in [0.29, 0.717) is 11.5 Å². The van der Waals surface area contributed by atoms with E-state index >= 15 is 0 Å². The predicted molar refractivity (Wildman–Crippen MR) is 102 cm³/mol. The lowest BCUT2D eigenvalue weighted by atomic mass is 10.3. The summed E-state index contributed by atoms with van der Waals surface area (Å²) in [6, 6.07) is 6.19. The molecule has 0 unspecified atom stereocenters. The summed E-state index contributed by atoms with van der Waals surface area (Å²) in [5.74, 6) is 5.66. The lowest BCUT2D eigenvalue weighted by Crippen LogP contribution is -2.20. The highest BCUT2D eigenvalue weighted by molar-refractivity contribution is 7.20. The number of hydrogen-bond acceptors (Lipinski definition) is 5. The average molecular weight is 387 g/mol. The van der Waals surface area contributed by atoms with Crippen molar-refractivity contribution in [2.24, 2.45) is 0 Å². The van der Waals surface area contributed by atoms with Gasteiger partial charge in [-0.3, -0.25) is 4.79 Å². The molecule has 0 aliphatic heterocycles. The van der Waals surface area contributed by atoms with Gasteiger partial charge in [0.2, 0.25) is 5.91 Å². The number of fused-ring (bicyclic) bond motifs is 1. The zero-order valence-corrected chi connectivity index (χ0v) is 14.9. The predicted octanol–water partition coefficient (Wildman–Crippen LogP) is 3.88. The van der Waals surface area contributed by atoms with Crippen LogP contribution in [0, 0.1) is 17.7 Å². The van der Waals surface area contributed by atoms with Crippen molar-refractivity contribution >= 4 is 50.6 Å². The molecule has 0 radical (unpaired) electrons. The van der Waals surface area contributed by atoms with Crippen LogP contribution in [0.1, 0.15) is 4.88 Å². The van der Waals surface area contributed by atoms with E-state index in [9.17, 15) is 9.18 Å². The van der Waals surface area contributed by atoms with E-state index < -0.39 is 5.82 Å². The van der Waals surface area contributed by atoms with E-state index in [-0.39, 0.29) is 17.5 Å². The first-order chi connectivity index (χ1) is 12.6. The molecule has 1 aromatic carbocycles. The first-order valence-corrected chi connectivity index (χ1v) is 8.62. The van der Waals surface area contributed by atoms with Crippen LogP contribution in [0.5, 0.6) is 0 Å². The topological polar surface area (TPSA) is 66.9 Å². The van der Waals surface area contributed by atoms with E-state index in [4.69, 9.17) is 11.6 Å². The molecule has 2 aromatic heterocycles. The van der Waals surface area contributed by atoms with Gasteiger partial charge in [0.15, 0.2) is 5.82 Å². The summed E-state index contributed by atoms with van der Waals surface area (Å²) in [7, 11) is 0. The fourth-order valence-electron chi connectivity index (χ4n) is 2.05. The maximum atomic E-state index is 13.3. The fourth-order valence-corrected chi connectivity index (χ4v) is 3.16. The third-order valence-electron chi connectivity index (χ3n) is 3.24. The minimum absolute atomic E-state index is 0.0274. The number of nitrogens with zero attached hydrogens (tertiary/aromatic N) is 2. The molecular weight excluding hydrogens is 375 g/mol. The molecule has 130 valence electrons. The van der Waals surface area contributed by atoms with Crippen LogP contribution in [0.2, 0.25) is 5.02 Å². The molecule has 0 bridgehead atoms. The maximum Gasteiger partial charge on any atom is 0.244 e. The highest BCUT2D eigenvalue weighted by atomic mass is 35.5. The first-order valence-electron chi connectivity index (χ1n) is 7.42. The second-order valence-electron chi connectivity index (χ2n) is 5.02. The molecule has 0 aliphatic rings. The van der Waals surface area contributed by atoms with Gasteiger partial charge in [-0.25, -0.2) is 14.4 Å². The molecule has 5 nitrogen and oxygen atoms in total. The molecule has 0 saturated carbocycles. The second kappa shape index (κ2) is 7.95. The number of carbonyl (C=O) groups excluding carboxylic acids is 1. The Labute approximate surface area is 157 Å². The van der Waals surface area contributed by atoms with Crippen LogP contribution < -0.4 is 10.6 Å². The Morgan fingerprint density at radius 2 is 2.23 bits per heavy atom. The van der Waals surface area contributed by atoms with Gasteiger partial charge in [0.25, 0.3) is 0 Å². The van der Waals surface area contributed by atoms with Gasteiger partial charge in [-0.05, 0) is 30.3 Å². The van der Waals surface area contributed by atoms with Crippen LogP contribution in [0.3, 0.4) is 0 Å². The van der Waals surface area contributed by atoms with Gasteiger partial charge in [0, 0.05) is 5.69 Å². The van der Waals surface area contributed by atoms with Crippen molar-refractivity contribution in [1.29, 1.82) is 0 Å². The summed E-state index contributed by atoms with van der Waals surface area (Å²) < 4.78 is 14.1. The number of halogens is 2. The van der Waals surface area contributed by atoms with E-state index in [2.05, 4.69) is 39.0 Å². The second-order valence-corrected chi connectivity index (χ2v) is 6.48. The monoisotopic (exact) mass is 386 g/mol. The fraction of sp³-hybridized carbons (Fsp3) is 0.0556. The summed E-state index contributed by atoms with van der Waals surface area (Å²) in [6.45, 7) is 3.60. The summed E-state index contributed by atoms with van der Waals surface area (Å²) in [6.07, 6.45) is 2.63. The molecule has 0 atom stereocenters. The van der Waals surface area contributed by atoms with E-state index in [1.165, 1.54) is 35.9 Å². The quantitative estimate of drug-likeness (QED) is 0.527. The van der Waals surface area contributed by atoms with E-state index in [0.717, 1.165) is 15.1 Å². The van der Waals surface area contributed by atoms with Crippen molar-refractivity contribution in [3.8, 4) is 11.8 Å². The Balaban J connectivity index is 1.83. The molecule has 0 aliphatic carbocycles. The molecule has 0 fully saturated rings. The van der Waals surface area contributed by atoms with Crippen LogP contribution in [-0.4, -0.2) is 22.4 Å². The molecular formula is C18H12ClFN4OS. The van der Waals surface area contributed by atoms with Gasteiger partial charge in [-0.2, -0.15) is 0 Å². The third-order valence-corrected chi connectivity index (χ3v) is 4.58. The van der Waals surface area contributed by atoms with E-state index in [1.807, 2.05) is 6.07 Å². The maximum absolute atomic E-state index is 13.3. The number of amides is 1. The summed E-state index contributed by atoms with van der Waals surface area (Å²) in [5, 5.41) is 5.72. The Morgan fingerprint density at radius 3 is 3.00 bits per heavy atom. The highest BCUT2D eigenvalue weighted by Crippen LogP contribution is 2.31. The lowest BCUT2D eigenvalue weighted by molar-refractivity contribution is -0.116. The number of rotatable bonds is 4. The average Bonchev–Trinajstić information content (AvgIpc) is 3.05. The van der Waals surface area contributed by atoms with E-state index in [1.54, 1.807) is 6.07 Å². The number of aromatic nitrogens is 2. The molecule has 1 amide bonds. The number of benzene rings is 1. The number of carbonyl (C=O) groups is 1. The summed E-state index contributed by atoms with van der Waals surface area (Å²) in [4.78, 5) is 20.3. The largest absolute Gasteiger partial charge is 0.342 e. The van der Waals surface area contributed by atoms with Gasteiger partial charge in [0.05, 0.1) is 26.7 Å². The molecule has 2 N–H and O–H groups in total. The number of hydrogen-bond donors (Lipinski definition) is 2. The van der Waals surface area contributed by atoms with Crippen molar-refractivity contribution < 1.29 is 9.18 Å². The summed E-state index contributed by atoms with van der Waals surface area (Å²) in [5.41, 5.74) is 1.35. The molecule has 2 heterocycles. The zero-order chi connectivity index (χ0) is 18.5. The van der Waals surface area contributed by atoms with Crippen LogP contribution >= 0.6 is 22.9 Å². The van der Waals surface area contributed by atoms with Crippen molar-refractivity contribution in [2.45, 2.75) is 0 Å². The van der Waals surface area contributed by atoms with Gasteiger partial charge in [-0.1, -0.05) is 30.0 Å². The van der Waals surface area contributed by atoms with Crippen LogP contribution in [-0.2, 0) is 4.79 Å². The Kier molecular flexibility index (Phi) is 5.46. The van der Waals surface area contributed by atoms with Gasteiger partial charge < -0.3 is 10.6 Å². The van der Waals surface area contributed by atoms with Gasteiger partial charge in [0.1, 0.15) is 12.1 Å². The Hall–Kier alpha value is -2.95. The standard InChI is InChI=1S/C18H12ClFN4OS/c1-2-16(25)21-7-3-4-12-9-15-17(26-12)18(23-10-22-15)24-11-5-6-14(20)13(19)8-11/h2,5-6,8-10H,1,7H2,(H,21,25)(H,22,23,24). The molecule has 3 aromatic rings. The van der Waals surface area contributed by atoms with Crippen molar-refractivity contribution in [3.05, 3.63) is 59.0 Å². The zero-order valence-electron chi connectivity index (χ0n) is 13.3. The lowest BCUT2D eigenvalue weighted by Gasteiger charge is -2.06. The minimum atomic E-state index is -0.484. The third kappa shape index (κ3) is 4.17. The molecule has 3 rings (SSSR count). The molecule has 26 heavy (non-hydrogen) atoms. The molecule has 0 spiro atoms. The number of thiophene rings is 1. The van der Waals surface area contributed by atoms with Crippen LogP contribution in [0.25, 0.3) is 10.2 Å². The normalized spacial score (nSPS) is 10.1. The Morgan fingerprint density at radius 1 is 1.38 bits per heavy atom. The Bertz CT molecular complexity index is 1050. The smallest absolute Gasteiger partial charge is 0.244 e. The molecule has 8 heteroatoms. The number of anilines is 2. The van der Waals surface area contributed by atoms with Crippen molar-refractivity contribution in [1.82, 2.24) is 15.3 Å². The SMILES string of the molecule is C=CC(=O)NCC#Cc1cc2ncnc(Nc3ccc(F)c(Cl)c3)c2s1. The minimum Gasteiger partial charge on any atom is -0.342 e. The van der Waals surface area contributed by atoms with Gasteiger partial charge >= 0.3 is 0 Å². The molecule has 0 saturated heterocycles. The number of nitrogens with one attached hydrogen (secondary N) is 2. The highest BCUT2D eigenvalue weighted by Gasteiger charge is 2.09. The van der Waals surface area contributed by atoms with Crippen LogP contribution in [0.4, 0.5) is 15.9 Å². The van der Waals surface area contributed by atoms with Crippen molar-refractivity contribution in [3.63, 3.8) is 0 Å².